The van der Waals surface area contributed by atoms with Crippen LogP contribution in [0.15, 0.2) is 24.3 Å². The smallest absolute Gasteiger partial charge is 0.326 e. The normalized spacial score (nSPS) is 16.5. The predicted molar refractivity (Wildman–Crippen MR) is 277 cm³/mol. The molecule has 0 aliphatic carbocycles. The summed E-state index contributed by atoms with van der Waals surface area (Å²) in [6, 6.07) is -6.88. The van der Waals surface area contributed by atoms with Crippen LogP contribution in [-0.2, 0) is 59.2 Å². The molecule has 1 fully saturated rings. The number of aromatic hydroxyl groups is 1. The maximum absolute atomic E-state index is 13.9. The van der Waals surface area contributed by atoms with E-state index in [-0.39, 0.29) is 50.9 Å². The lowest BCUT2D eigenvalue weighted by atomic mass is 9.98. The van der Waals surface area contributed by atoms with Crippen molar-refractivity contribution in [3.8, 4) is 5.75 Å². The molecule has 0 aromatic heterocycles. The number of primary amides is 1. The fourth-order valence-corrected chi connectivity index (χ4v) is 7.85. The van der Waals surface area contributed by atoms with Crippen molar-refractivity contribution in [2.45, 2.75) is 160 Å². The molecule has 20 N–H and O–H groups in total. The molecule has 0 saturated carbocycles. The van der Waals surface area contributed by atoms with Crippen LogP contribution in [-0.4, -0.2) is 183 Å². The first-order valence-corrected chi connectivity index (χ1v) is 25.6. The van der Waals surface area contributed by atoms with E-state index in [4.69, 9.17) is 32.8 Å². The fourth-order valence-electron chi connectivity index (χ4n) is 7.85. The standard InChI is InChI=1S/C47H78N12O14.C2H4O2/c1-5-26(4)38(47(72)73)58-40(65)30(12-7-9-19-49)52-45(70)37(25(2)3)57-42(67)32(22-36(51)63)54-43(68)33(23-60)55-44(69)35-13-10-20-59(35)46(71)34(24-61)56-41(66)31(21-27-14-16-28(62)17-15-27)53-39(64)29(50)11-6-8-18-48;1-2(3)4/h14-17,25-26,29-35,37-38,60-62H,5-13,18-24,48-50H2,1-4H3,(H2,51,63)(H,52,70)(H,53,64)(H,54,68)(H,55,69)(H,56,66)(H,57,67)(H,58,65)(H,72,73);1H3,(H,3,4)/t26-,29-,30-,31-,32-,33-,34-,35-,37-,38-;/m0./s1. The van der Waals surface area contributed by atoms with Gasteiger partial charge in [-0.3, -0.25) is 47.9 Å². The van der Waals surface area contributed by atoms with Crippen LogP contribution in [0.1, 0.15) is 104 Å². The van der Waals surface area contributed by atoms with E-state index < -0.39 is 151 Å². The first kappa shape index (κ1) is 68.0. The van der Waals surface area contributed by atoms with Gasteiger partial charge >= 0.3 is 5.97 Å². The summed E-state index contributed by atoms with van der Waals surface area (Å²) < 4.78 is 0. The summed E-state index contributed by atoms with van der Waals surface area (Å²) in [7, 11) is 0. The summed E-state index contributed by atoms with van der Waals surface area (Å²) in [5, 5.41) is 64.6. The molecule has 1 aliphatic heterocycles. The Morgan fingerprint density at radius 1 is 0.649 bits per heavy atom. The highest BCUT2D eigenvalue weighted by Gasteiger charge is 2.41. The highest BCUT2D eigenvalue weighted by atomic mass is 16.4. The van der Waals surface area contributed by atoms with E-state index in [9.17, 15) is 68.4 Å². The third-order valence-corrected chi connectivity index (χ3v) is 12.4. The van der Waals surface area contributed by atoms with Gasteiger partial charge < -0.3 is 90.6 Å². The number of carbonyl (C=O) groups excluding carboxylic acids is 9. The Labute approximate surface area is 447 Å². The Kier molecular flexibility index (Phi) is 31.2. The molecule has 1 aromatic carbocycles. The van der Waals surface area contributed by atoms with Crippen molar-refractivity contribution in [1.82, 2.24) is 42.1 Å². The van der Waals surface area contributed by atoms with Gasteiger partial charge in [0.25, 0.3) is 5.97 Å². The predicted octanol–water partition coefficient (Wildman–Crippen LogP) is -4.36. The average Bonchev–Trinajstić information content (AvgIpc) is 3.87. The zero-order valence-corrected chi connectivity index (χ0v) is 44.5. The van der Waals surface area contributed by atoms with Crippen LogP contribution in [0, 0.1) is 11.8 Å². The van der Waals surface area contributed by atoms with Crippen LogP contribution in [0.5, 0.6) is 5.75 Å². The van der Waals surface area contributed by atoms with Gasteiger partial charge in [0.2, 0.25) is 53.2 Å². The van der Waals surface area contributed by atoms with Crippen LogP contribution >= 0.6 is 0 Å². The Hall–Kier alpha value is -7.01. The highest BCUT2D eigenvalue weighted by molar-refractivity contribution is 5.99. The Morgan fingerprint density at radius 2 is 1.14 bits per heavy atom. The molecular weight excluding hydrogens is 1010 g/mol. The number of carboxylic acid groups (broad SMARTS) is 2. The van der Waals surface area contributed by atoms with E-state index in [0.29, 0.717) is 44.2 Å². The van der Waals surface area contributed by atoms with Crippen LogP contribution in [0.3, 0.4) is 0 Å². The minimum absolute atomic E-state index is 0.0317. The summed E-state index contributed by atoms with van der Waals surface area (Å²) in [6.07, 6.45) is 2.16. The van der Waals surface area contributed by atoms with Crippen LogP contribution in [0.4, 0.5) is 0 Å². The summed E-state index contributed by atoms with van der Waals surface area (Å²) >= 11 is 0. The number of nitrogens with zero attached hydrogens (tertiary/aromatic N) is 1. The molecule has 28 heteroatoms. The number of hydrogen-bond donors (Lipinski definition) is 16. The van der Waals surface area contributed by atoms with Gasteiger partial charge in [-0.05, 0) is 87.6 Å². The first-order valence-electron chi connectivity index (χ1n) is 25.6. The highest BCUT2D eigenvalue weighted by Crippen LogP contribution is 2.20. The SMILES string of the molecule is CC(=O)O.CC[C@H](C)[C@H](NC(=O)[C@H](CCCCN)NC(=O)[C@@H](NC(=O)[C@H](CC(N)=O)NC(=O)[C@H](CO)NC(=O)[C@@H]1CCCN1C(=O)[C@H](CO)NC(=O)[C@H](Cc1ccc(O)cc1)NC(=O)[C@@H](N)CCCCN)C(C)C)C(=O)O. The number of nitrogens with one attached hydrogen (secondary N) is 7. The van der Waals surface area contributed by atoms with Gasteiger partial charge in [-0.25, -0.2) is 4.79 Å². The molecule has 9 amide bonds. The fraction of sp³-hybridized carbons (Fsp3) is 0.653. The van der Waals surface area contributed by atoms with Crippen molar-refractivity contribution >= 4 is 65.1 Å². The van der Waals surface area contributed by atoms with E-state index in [1.54, 1.807) is 27.7 Å². The number of aliphatic hydroxyl groups is 2. The molecule has 0 unspecified atom stereocenters. The van der Waals surface area contributed by atoms with Gasteiger partial charge in [0.1, 0.15) is 54.1 Å². The lowest BCUT2D eigenvalue weighted by Crippen LogP contribution is -2.62. The molecule has 1 aliphatic rings. The van der Waals surface area contributed by atoms with E-state index in [2.05, 4.69) is 37.2 Å². The Balaban J connectivity index is 0.00000714. The number of phenols is 1. The summed E-state index contributed by atoms with van der Waals surface area (Å²) in [5.74, 6) is -11.6. The van der Waals surface area contributed by atoms with Gasteiger partial charge in [-0.2, -0.15) is 0 Å². The number of aliphatic carboxylic acids is 2. The van der Waals surface area contributed by atoms with E-state index in [1.807, 2.05) is 0 Å². The van der Waals surface area contributed by atoms with Gasteiger partial charge in [-0.15, -0.1) is 0 Å². The molecule has 0 radical (unpaired) electrons. The second kappa shape index (κ2) is 35.3. The van der Waals surface area contributed by atoms with Gasteiger partial charge in [0, 0.05) is 19.9 Å². The number of phenolic OH excluding ortho intramolecular Hbond substituents is 1. The molecule has 77 heavy (non-hydrogen) atoms. The van der Waals surface area contributed by atoms with Crippen LogP contribution < -0.4 is 60.2 Å². The van der Waals surface area contributed by atoms with Crippen molar-refractivity contribution in [2.75, 3.05) is 32.8 Å². The molecule has 2 rings (SSSR count). The molecule has 434 valence electrons. The van der Waals surface area contributed by atoms with Crippen molar-refractivity contribution in [2.24, 2.45) is 34.8 Å². The number of likely N-dealkylation sites (tertiary alicyclic amines) is 1. The third-order valence-electron chi connectivity index (χ3n) is 12.4. The number of carboxylic acids is 2. The first-order chi connectivity index (χ1) is 36.3. The molecule has 1 aromatic rings. The number of rotatable bonds is 33. The number of amides is 9. The molecule has 28 nitrogen and oxygen atoms in total. The number of aliphatic hydroxyl groups excluding tert-OH is 2. The van der Waals surface area contributed by atoms with Gasteiger partial charge in [0.15, 0.2) is 0 Å². The molecule has 0 spiro atoms. The Morgan fingerprint density at radius 3 is 1.66 bits per heavy atom. The number of nitrogens with two attached hydrogens (primary N) is 4. The average molecular weight is 1100 g/mol. The van der Waals surface area contributed by atoms with Gasteiger partial charge in [0.05, 0.1) is 25.7 Å². The second-order valence-electron chi connectivity index (χ2n) is 19.0. The van der Waals surface area contributed by atoms with Crippen molar-refractivity contribution in [1.29, 1.82) is 0 Å². The summed E-state index contributed by atoms with van der Waals surface area (Å²) in [5.41, 5.74) is 23.2. The van der Waals surface area contributed by atoms with E-state index in [0.717, 1.165) is 11.8 Å². The molecule has 10 atom stereocenters. The minimum atomic E-state index is -1.78. The third kappa shape index (κ3) is 24.3. The number of unbranched alkanes of at least 4 members (excludes halogenated alkanes) is 2. The zero-order chi connectivity index (χ0) is 58.5. The van der Waals surface area contributed by atoms with Crippen molar-refractivity contribution in [3.05, 3.63) is 29.8 Å². The minimum Gasteiger partial charge on any atom is -0.508 e. The topological polar surface area (TPSA) is 480 Å². The number of benzene rings is 1. The van der Waals surface area contributed by atoms with Crippen molar-refractivity contribution < 1.29 is 78.3 Å². The Bertz CT molecular complexity index is 2130. The lowest BCUT2D eigenvalue weighted by Gasteiger charge is -2.30. The maximum atomic E-state index is 13.9. The summed E-state index contributed by atoms with van der Waals surface area (Å²) in [6.45, 7) is 6.25. The maximum Gasteiger partial charge on any atom is 0.326 e. The monoisotopic (exact) mass is 1090 g/mol. The number of hydrogen-bond acceptors (Lipinski definition) is 17. The molecule has 1 saturated heterocycles. The molecular formula is C49H82N12O16. The lowest BCUT2D eigenvalue weighted by molar-refractivity contribution is -0.144. The second-order valence-corrected chi connectivity index (χ2v) is 19.0. The molecule has 1 heterocycles. The largest absolute Gasteiger partial charge is 0.508 e. The van der Waals surface area contributed by atoms with E-state index in [1.165, 1.54) is 24.3 Å². The van der Waals surface area contributed by atoms with E-state index >= 15 is 0 Å². The summed E-state index contributed by atoms with van der Waals surface area (Å²) in [4.78, 5) is 143. The molecule has 0 bridgehead atoms. The van der Waals surface area contributed by atoms with Gasteiger partial charge in [-0.1, -0.05) is 52.7 Å². The number of carbonyl (C=O) groups is 11. The zero-order valence-electron chi connectivity index (χ0n) is 44.5. The van der Waals surface area contributed by atoms with Crippen LogP contribution in [0.25, 0.3) is 0 Å². The van der Waals surface area contributed by atoms with Crippen LogP contribution in [0.2, 0.25) is 0 Å². The quantitative estimate of drug-likeness (QED) is 0.0296. The van der Waals surface area contributed by atoms with Crippen molar-refractivity contribution in [3.63, 3.8) is 0 Å².